The summed E-state index contributed by atoms with van der Waals surface area (Å²) in [6.07, 6.45) is 7.38. The number of ketones is 1. The number of methoxy groups -OCH3 is 1. The number of ether oxygens (including phenoxy) is 2. The van der Waals surface area contributed by atoms with Crippen LogP contribution in [0.15, 0.2) is 48.6 Å². The lowest BCUT2D eigenvalue weighted by Crippen LogP contribution is -2.25. The second-order valence-electron chi connectivity index (χ2n) is 4.13. The summed E-state index contributed by atoms with van der Waals surface area (Å²) in [5.41, 5.74) is -0.100. The van der Waals surface area contributed by atoms with E-state index in [1.165, 1.54) is 0 Å². The van der Waals surface area contributed by atoms with Gasteiger partial charge in [0.2, 0.25) is 5.78 Å². The molecule has 2 aliphatic rings. The Hall–Kier alpha value is -1.87. The van der Waals surface area contributed by atoms with E-state index in [-0.39, 0.29) is 11.9 Å². The van der Waals surface area contributed by atoms with Gasteiger partial charge in [0.25, 0.3) is 0 Å². The first-order chi connectivity index (χ1) is 8.26. The largest absolute Gasteiger partial charge is 0.497 e. The standard InChI is InChI=1S/C14H12O3/c1-16-11-7-5-10(6-8-11)13(15)14-9-3-2-4-12(14)17-14/h2-9,12H,1H3. The molecule has 0 spiro atoms. The maximum absolute atomic E-state index is 12.3. The molecular weight excluding hydrogens is 216 g/mol. The van der Waals surface area contributed by atoms with Crippen molar-refractivity contribution in [3.8, 4) is 5.75 Å². The number of carbonyl (C=O) groups is 1. The number of rotatable bonds is 3. The van der Waals surface area contributed by atoms with E-state index < -0.39 is 5.60 Å². The van der Waals surface area contributed by atoms with Crippen molar-refractivity contribution in [2.24, 2.45) is 0 Å². The number of benzene rings is 1. The zero-order valence-electron chi connectivity index (χ0n) is 9.42. The lowest BCUT2D eigenvalue weighted by atomic mass is 9.91. The molecular formula is C14H12O3. The topological polar surface area (TPSA) is 38.8 Å². The molecule has 0 amide bonds. The second kappa shape index (κ2) is 3.57. The van der Waals surface area contributed by atoms with E-state index in [1.54, 1.807) is 31.4 Å². The first-order valence-corrected chi connectivity index (χ1v) is 5.49. The Labute approximate surface area is 99.3 Å². The number of carbonyl (C=O) groups excluding carboxylic acids is 1. The minimum Gasteiger partial charge on any atom is -0.497 e. The normalized spacial score (nSPS) is 28.6. The van der Waals surface area contributed by atoms with Gasteiger partial charge in [-0.3, -0.25) is 4.79 Å². The van der Waals surface area contributed by atoms with Crippen molar-refractivity contribution in [1.29, 1.82) is 0 Å². The monoisotopic (exact) mass is 228 g/mol. The van der Waals surface area contributed by atoms with Crippen molar-refractivity contribution >= 4 is 5.78 Å². The van der Waals surface area contributed by atoms with Crippen molar-refractivity contribution in [3.05, 3.63) is 54.1 Å². The fourth-order valence-electron chi connectivity index (χ4n) is 2.08. The highest BCUT2D eigenvalue weighted by atomic mass is 16.6. The Balaban J connectivity index is 1.87. The smallest absolute Gasteiger partial charge is 0.201 e. The lowest BCUT2D eigenvalue weighted by molar-refractivity contribution is 0.0909. The van der Waals surface area contributed by atoms with Gasteiger partial charge in [0.15, 0.2) is 5.60 Å². The van der Waals surface area contributed by atoms with Gasteiger partial charge in [-0.1, -0.05) is 18.2 Å². The number of allylic oxidation sites excluding steroid dienone is 2. The van der Waals surface area contributed by atoms with Crippen LogP contribution in [0, 0.1) is 0 Å². The van der Waals surface area contributed by atoms with E-state index in [0.717, 1.165) is 5.75 Å². The van der Waals surface area contributed by atoms with Crippen molar-refractivity contribution < 1.29 is 14.3 Å². The molecule has 86 valence electrons. The molecule has 1 aliphatic heterocycles. The summed E-state index contributed by atoms with van der Waals surface area (Å²) in [7, 11) is 1.60. The van der Waals surface area contributed by atoms with Crippen LogP contribution in [0.3, 0.4) is 0 Å². The summed E-state index contributed by atoms with van der Waals surface area (Å²) < 4.78 is 10.5. The third kappa shape index (κ3) is 1.51. The quantitative estimate of drug-likeness (QED) is 0.587. The van der Waals surface area contributed by atoms with Gasteiger partial charge >= 0.3 is 0 Å². The molecule has 0 saturated carbocycles. The number of hydrogen-bond donors (Lipinski definition) is 0. The molecule has 1 fully saturated rings. The second-order valence-corrected chi connectivity index (χ2v) is 4.13. The first kappa shape index (κ1) is 10.3. The van der Waals surface area contributed by atoms with Crippen LogP contribution in [-0.2, 0) is 4.74 Å². The van der Waals surface area contributed by atoms with E-state index in [1.807, 2.05) is 24.3 Å². The Morgan fingerprint density at radius 3 is 2.71 bits per heavy atom. The zero-order valence-corrected chi connectivity index (χ0v) is 9.42. The molecule has 1 aromatic carbocycles. The highest BCUT2D eigenvalue weighted by molar-refractivity contribution is 6.06. The molecule has 1 aliphatic carbocycles. The summed E-state index contributed by atoms with van der Waals surface area (Å²) in [6, 6.07) is 7.09. The predicted octanol–water partition coefficient (Wildman–Crippen LogP) is 2.14. The summed E-state index contributed by atoms with van der Waals surface area (Å²) in [6.45, 7) is 0. The van der Waals surface area contributed by atoms with E-state index in [9.17, 15) is 4.79 Å². The summed E-state index contributed by atoms with van der Waals surface area (Å²) in [4.78, 5) is 12.3. The van der Waals surface area contributed by atoms with Gasteiger partial charge in [-0.2, -0.15) is 0 Å². The molecule has 1 heterocycles. The maximum atomic E-state index is 12.3. The molecule has 1 aromatic rings. The van der Waals surface area contributed by atoms with Crippen LogP contribution in [0.25, 0.3) is 0 Å². The van der Waals surface area contributed by atoms with Crippen LogP contribution < -0.4 is 4.74 Å². The Morgan fingerprint density at radius 1 is 1.29 bits per heavy atom. The van der Waals surface area contributed by atoms with Crippen molar-refractivity contribution in [3.63, 3.8) is 0 Å². The fourth-order valence-corrected chi connectivity index (χ4v) is 2.08. The zero-order chi connectivity index (χ0) is 11.9. The van der Waals surface area contributed by atoms with Crippen LogP contribution in [0.4, 0.5) is 0 Å². The van der Waals surface area contributed by atoms with Gasteiger partial charge in [0.1, 0.15) is 11.9 Å². The van der Waals surface area contributed by atoms with Gasteiger partial charge < -0.3 is 9.47 Å². The first-order valence-electron chi connectivity index (χ1n) is 5.49. The molecule has 3 nitrogen and oxygen atoms in total. The number of Topliss-reactive ketones (excluding diaryl/α,β-unsaturated/α-hetero) is 1. The molecule has 1 saturated heterocycles. The Kier molecular flexibility index (Phi) is 2.16. The SMILES string of the molecule is COc1ccc(C(=O)C23C=CC=CC2O3)cc1. The van der Waals surface area contributed by atoms with Crippen LogP contribution in [0.2, 0.25) is 0 Å². The Bertz CT molecular complexity index is 513. The highest BCUT2D eigenvalue weighted by Crippen LogP contribution is 2.43. The van der Waals surface area contributed by atoms with E-state index >= 15 is 0 Å². The third-order valence-corrected chi connectivity index (χ3v) is 3.14. The number of epoxide rings is 1. The van der Waals surface area contributed by atoms with E-state index in [2.05, 4.69) is 0 Å². The number of hydrogen-bond acceptors (Lipinski definition) is 3. The predicted molar refractivity (Wildman–Crippen MR) is 63.2 cm³/mol. The van der Waals surface area contributed by atoms with Crippen LogP contribution in [0.5, 0.6) is 5.75 Å². The minimum absolute atomic E-state index is 0.00533. The average molecular weight is 228 g/mol. The highest BCUT2D eigenvalue weighted by Gasteiger charge is 2.59. The molecule has 2 atom stereocenters. The van der Waals surface area contributed by atoms with Gasteiger partial charge in [-0.05, 0) is 30.3 Å². The van der Waals surface area contributed by atoms with E-state index in [4.69, 9.17) is 9.47 Å². The van der Waals surface area contributed by atoms with Crippen LogP contribution in [-0.4, -0.2) is 24.6 Å². The fraction of sp³-hybridized carbons (Fsp3) is 0.214. The van der Waals surface area contributed by atoms with Crippen LogP contribution in [0.1, 0.15) is 10.4 Å². The molecule has 0 N–H and O–H groups in total. The van der Waals surface area contributed by atoms with Gasteiger partial charge in [0, 0.05) is 5.56 Å². The Morgan fingerprint density at radius 2 is 2.06 bits per heavy atom. The third-order valence-electron chi connectivity index (χ3n) is 3.14. The lowest BCUT2D eigenvalue weighted by Gasteiger charge is -2.08. The summed E-state index contributed by atoms with van der Waals surface area (Å²) in [5, 5.41) is 0. The van der Waals surface area contributed by atoms with Crippen molar-refractivity contribution in [2.75, 3.05) is 7.11 Å². The molecule has 3 heteroatoms. The average Bonchev–Trinajstić information content (AvgIpc) is 3.14. The van der Waals surface area contributed by atoms with Crippen molar-refractivity contribution in [1.82, 2.24) is 0 Å². The maximum Gasteiger partial charge on any atom is 0.201 e. The number of fused-ring (bicyclic) bond motifs is 1. The molecule has 0 bridgehead atoms. The summed E-state index contributed by atoms with van der Waals surface area (Å²) >= 11 is 0. The molecule has 17 heavy (non-hydrogen) atoms. The molecule has 0 aromatic heterocycles. The van der Waals surface area contributed by atoms with Crippen molar-refractivity contribution in [2.45, 2.75) is 11.7 Å². The van der Waals surface area contributed by atoms with Gasteiger partial charge in [-0.25, -0.2) is 0 Å². The molecule has 0 radical (unpaired) electrons. The van der Waals surface area contributed by atoms with Gasteiger partial charge in [-0.15, -0.1) is 0 Å². The van der Waals surface area contributed by atoms with Gasteiger partial charge in [0.05, 0.1) is 7.11 Å². The summed E-state index contributed by atoms with van der Waals surface area (Å²) in [5.74, 6) is 0.747. The van der Waals surface area contributed by atoms with E-state index in [0.29, 0.717) is 5.56 Å². The molecule has 3 rings (SSSR count). The minimum atomic E-state index is -0.747. The van der Waals surface area contributed by atoms with Crippen LogP contribution >= 0.6 is 0 Å². The molecule has 2 unspecified atom stereocenters.